The average Bonchev–Trinajstić information content (AvgIpc) is 2.86. The van der Waals surface area contributed by atoms with Gasteiger partial charge in [-0.1, -0.05) is 6.08 Å². The number of amides is 1. The quantitative estimate of drug-likeness (QED) is 0.773. The first-order valence-corrected chi connectivity index (χ1v) is 7.57. The SMILES string of the molecule is C=CCc1c(C(=O)N(C)CCCN(C)C)cn2ncnc(N)c12. The molecule has 0 aliphatic heterocycles. The Hall–Kier alpha value is -2.41. The number of nitrogens with two attached hydrogens (primary N) is 1. The largest absolute Gasteiger partial charge is 0.382 e. The number of allylic oxidation sites excluding steroid dienone is 1. The molecule has 0 unspecified atom stereocenters. The lowest BCUT2D eigenvalue weighted by Gasteiger charge is -2.18. The zero-order valence-electron chi connectivity index (χ0n) is 14.0. The third-order valence-corrected chi connectivity index (χ3v) is 3.73. The molecule has 1 amide bonds. The first-order valence-electron chi connectivity index (χ1n) is 7.57. The van der Waals surface area contributed by atoms with Crippen molar-refractivity contribution in [2.24, 2.45) is 0 Å². The summed E-state index contributed by atoms with van der Waals surface area (Å²) in [5.74, 6) is 0.330. The van der Waals surface area contributed by atoms with Crippen molar-refractivity contribution < 1.29 is 4.79 Å². The Morgan fingerprint density at radius 3 is 2.78 bits per heavy atom. The Balaban J connectivity index is 2.30. The van der Waals surface area contributed by atoms with Gasteiger partial charge >= 0.3 is 0 Å². The first kappa shape index (κ1) is 17.0. The number of fused-ring (bicyclic) bond motifs is 1. The monoisotopic (exact) mass is 316 g/mol. The van der Waals surface area contributed by atoms with E-state index in [9.17, 15) is 4.79 Å². The Morgan fingerprint density at radius 2 is 2.13 bits per heavy atom. The fraction of sp³-hybridized carbons (Fsp3) is 0.438. The fourth-order valence-corrected chi connectivity index (χ4v) is 2.56. The summed E-state index contributed by atoms with van der Waals surface area (Å²) in [7, 11) is 5.85. The van der Waals surface area contributed by atoms with Crippen LogP contribution in [0.3, 0.4) is 0 Å². The van der Waals surface area contributed by atoms with Crippen LogP contribution in [-0.4, -0.2) is 64.5 Å². The summed E-state index contributed by atoms with van der Waals surface area (Å²) in [6.45, 7) is 5.40. The predicted octanol–water partition coefficient (Wildman–Crippen LogP) is 1.06. The molecule has 23 heavy (non-hydrogen) atoms. The molecule has 0 spiro atoms. The molecule has 2 heterocycles. The summed E-state index contributed by atoms with van der Waals surface area (Å²) in [5, 5.41) is 4.15. The van der Waals surface area contributed by atoms with E-state index in [0.717, 1.165) is 18.5 Å². The third-order valence-electron chi connectivity index (χ3n) is 3.73. The molecule has 0 aliphatic rings. The summed E-state index contributed by atoms with van der Waals surface area (Å²) in [5.41, 5.74) is 8.06. The van der Waals surface area contributed by atoms with Crippen molar-refractivity contribution in [1.29, 1.82) is 0 Å². The summed E-state index contributed by atoms with van der Waals surface area (Å²) < 4.78 is 1.61. The molecule has 0 radical (unpaired) electrons. The number of nitrogens with zero attached hydrogens (tertiary/aromatic N) is 5. The Bertz CT molecular complexity index is 706. The van der Waals surface area contributed by atoms with Crippen LogP contribution in [-0.2, 0) is 6.42 Å². The van der Waals surface area contributed by atoms with E-state index in [-0.39, 0.29) is 5.91 Å². The molecule has 7 heteroatoms. The zero-order valence-corrected chi connectivity index (χ0v) is 14.0. The molecule has 0 fully saturated rings. The Labute approximate surface area is 136 Å². The highest BCUT2D eigenvalue weighted by Gasteiger charge is 2.21. The lowest BCUT2D eigenvalue weighted by atomic mass is 10.1. The predicted molar refractivity (Wildman–Crippen MR) is 91.4 cm³/mol. The molecule has 124 valence electrons. The molecular formula is C16H24N6O. The van der Waals surface area contributed by atoms with Crippen molar-refractivity contribution in [3.63, 3.8) is 0 Å². The smallest absolute Gasteiger partial charge is 0.255 e. The Kier molecular flexibility index (Phi) is 5.33. The van der Waals surface area contributed by atoms with Crippen molar-refractivity contribution >= 4 is 17.2 Å². The first-order chi connectivity index (χ1) is 11.0. The maximum atomic E-state index is 12.8. The van der Waals surface area contributed by atoms with Gasteiger partial charge in [-0.3, -0.25) is 4.79 Å². The van der Waals surface area contributed by atoms with E-state index in [2.05, 4.69) is 21.6 Å². The normalized spacial score (nSPS) is 11.1. The maximum Gasteiger partial charge on any atom is 0.255 e. The zero-order chi connectivity index (χ0) is 17.0. The standard InChI is InChI=1S/C16H24N6O/c1-5-7-12-13(10-22-14(12)15(17)18-11-19-22)16(23)21(4)9-6-8-20(2)3/h5,10-11H,1,6-9H2,2-4H3,(H2,17,18,19). The number of anilines is 1. The van der Waals surface area contributed by atoms with Gasteiger partial charge in [0.25, 0.3) is 5.91 Å². The summed E-state index contributed by atoms with van der Waals surface area (Å²) in [4.78, 5) is 20.6. The van der Waals surface area contributed by atoms with Crippen molar-refractivity contribution in [2.75, 3.05) is 40.0 Å². The molecule has 2 aromatic rings. The van der Waals surface area contributed by atoms with Crippen molar-refractivity contribution in [3.8, 4) is 0 Å². The van der Waals surface area contributed by atoms with Gasteiger partial charge < -0.3 is 15.5 Å². The topological polar surface area (TPSA) is 79.8 Å². The molecule has 0 bridgehead atoms. The van der Waals surface area contributed by atoms with Gasteiger partial charge in [-0.2, -0.15) is 5.10 Å². The minimum atomic E-state index is -0.0366. The number of hydrogen-bond donors (Lipinski definition) is 1. The highest BCUT2D eigenvalue weighted by Crippen LogP contribution is 2.23. The van der Waals surface area contributed by atoms with Gasteiger partial charge in [0.1, 0.15) is 11.8 Å². The average molecular weight is 316 g/mol. The van der Waals surface area contributed by atoms with Crippen LogP contribution in [0.4, 0.5) is 5.82 Å². The molecule has 0 aliphatic carbocycles. The van der Waals surface area contributed by atoms with Crippen LogP contribution in [0, 0.1) is 0 Å². The molecule has 0 saturated carbocycles. The second-order valence-electron chi connectivity index (χ2n) is 5.84. The van der Waals surface area contributed by atoms with Gasteiger partial charge in [0.15, 0.2) is 5.82 Å². The van der Waals surface area contributed by atoms with Gasteiger partial charge in [-0.05, 0) is 39.0 Å². The molecule has 2 rings (SSSR count). The van der Waals surface area contributed by atoms with Crippen molar-refractivity contribution in [3.05, 3.63) is 36.3 Å². The summed E-state index contributed by atoms with van der Waals surface area (Å²) in [6.07, 6.45) is 6.32. The van der Waals surface area contributed by atoms with Gasteiger partial charge in [0.2, 0.25) is 0 Å². The van der Waals surface area contributed by atoms with E-state index in [1.807, 2.05) is 21.1 Å². The lowest BCUT2D eigenvalue weighted by molar-refractivity contribution is 0.0790. The number of aromatic nitrogens is 3. The third kappa shape index (κ3) is 3.68. The number of carbonyl (C=O) groups excluding carboxylic acids is 1. The molecule has 2 N–H and O–H groups in total. The molecule has 0 saturated heterocycles. The van der Waals surface area contributed by atoms with Crippen LogP contribution in [0.25, 0.3) is 5.52 Å². The van der Waals surface area contributed by atoms with Crippen LogP contribution in [0.15, 0.2) is 25.2 Å². The van der Waals surface area contributed by atoms with Crippen molar-refractivity contribution in [2.45, 2.75) is 12.8 Å². The van der Waals surface area contributed by atoms with Crippen LogP contribution in [0.2, 0.25) is 0 Å². The van der Waals surface area contributed by atoms with Gasteiger partial charge in [0, 0.05) is 19.8 Å². The maximum absolute atomic E-state index is 12.8. The van der Waals surface area contributed by atoms with Crippen LogP contribution in [0.5, 0.6) is 0 Å². The van der Waals surface area contributed by atoms with E-state index in [0.29, 0.717) is 29.9 Å². The summed E-state index contributed by atoms with van der Waals surface area (Å²) in [6, 6.07) is 0. The summed E-state index contributed by atoms with van der Waals surface area (Å²) >= 11 is 0. The van der Waals surface area contributed by atoms with Gasteiger partial charge in [0.05, 0.1) is 5.56 Å². The molecule has 7 nitrogen and oxygen atoms in total. The van der Waals surface area contributed by atoms with E-state index < -0.39 is 0 Å². The second-order valence-corrected chi connectivity index (χ2v) is 5.84. The van der Waals surface area contributed by atoms with Crippen molar-refractivity contribution in [1.82, 2.24) is 24.4 Å². The van der Waals surface area contributed by atoms with E-state index in [4.69, 9.17) is 5.73 Å². The van der Waals surface area contributed by atoms with E-state index in [1.54, 1.807) is 21.7 Å². The van der Waals surface area contributed by atoms with Gasteiger partial charge in [-0.25, -0.2) is 9.50 Å². The highest BCUT2D eigenvalue weighted by molar-refractivity contribution is 5.98. The van der Waals surface area contributed by atoms with Crippen LogP contribution >= 0.6 is 0 Å². The number of nitrogen functional groups attached to an aromatic ring is 1. The minimum absolute atomic E-state index is 0.0366. The molecular weight excluding hydrogens is 292 g/mol. The van der Waals surface area contributed by atoms with E-state index in [1.165, 1.54) is 6.33 Å². The molecule has 0 atom stereocenters. The molecule has 0 aromatic carbocycles. The van der Waals surface area contributed by atoms with Gasteiger partial charge in [-0.15, -0.1) is 6.58 Å². The lowest BCUT2D eigenvalue weighted by Crippen LogP contribution is -2.30. The fourth-order valence-electron chi connectivity index (χ4n) is 2.56. The Morgan fingerprint density at radius 1 is 1.39 bits per heavy atom. The highest BCUT2D eigenvalue weighted by atomic mass is 16.2. The number of carbonyl (C=O) groups is 1. The minimum Gasteiger partial charge on any atom is -0.382 e. The van der Waals surface area contributed by atoms with E-state index >= 15 is 0 Å². The number of rotatable bonds is 7. The second kappa shape index (κ2) is 7.23. The van der Waals surface area contributed by atoms with Crippen LogP contribution in [0.1, 0.15) is 22.3 Å². The molecule has 2 aromatic heterocycles. The number of hydrogen-bond acceptors (Lipinski definition) is 5. The van der Waals surface area contributed by atoms with Crippen LogP contribution < -0.4 is 5.73 Å².